The number of hydrogen-bond donors (Lipinski definition) is 0. The molecule has 4 rings (SSSR count). The molecule has 0 unspecified atom stereocenters. The SMILES string of the molecule is CCc1ccc2nc(N(CCCn3ccnc3)C(=O)COc3ccccc3F)sc2c1.Cl. The number of hydrogen-bond acceptors (Lipinski definition) is 5. The lowest BCUT2D eigenvalue weighted by atomic mass is 10.2. The van der Waals surface area contributed by atoms with Gasteiger partial charge in [-0.25, -0.2) is 14.4 Å². The normalized spacial score (nSPS) is 10.7. The molecule has 2 heterocycles. The first-order chi connectivity index (χ1) is 15.1. The van der Waals surface area contributed by atoms with E-state index in [9.17, 15) is 9.18 Å². The Bertz CT molecular complexity index is 1170. The summed E-state index contributed by atoms with van der Waals surface area (Å²) in [6, 6.07) is 12.2. The van der Waals surface area contributed by atoms with E-state index in [0.29, 0.717) is 11.7 Å². The lowest BCUT2D eigenvalue weighted by Gasteiger charge is -2.20. The molecule has 0 aliphatic heterocycles. The number of rotatable bonds is 9. The molecule has 0 spiro atoms. The molecule has 168 valence electrons. The van der Waals surface area contributed by atoms with Gasteiger partial charge < -0.3 is 9.30 Å². The highest BCUT2D eigenvalue weighted by Crippen LogP contribution is 2.30. The number of benzene rings is 2. The second-order valence-corrected chi connectivity index (χ2v) is 8.08. The zero-order valence-electron chi connectivity index (χ0n) is 17.6. The van der Waals surface area contributed by atoms with Gasteiger partial charge >= 0.3 is 0 Å². The van der Waals surface area contributed by atoms with Gasteiger partial charge in [0, 0.05) is 25.5 Å². The Morgan fingerprint density at radius 1 is 1.25 bits per heavy atom. The summed E-state index contributed by atoms with van der Waals surface area (Å²) in [6.07, 6.45) is 7.02. The summed E-state index contributed by atoms with van der Waals surface area (Å²) in [5.74, 6) is -0.691. The maximum Gasteiger partial charge on any atom is 0.266 e. The first-order valence-electron chi connectivity index (χ1n) is 10.2. The zero-order valence-corrected chi connectivity index (χ0v) is 19.2. The standard InChI is InChI=1S/C23H23FN4O2S.ClH/c1-2-17-8-9-19-21(14-17)31-23(26-19)28(12-5-11-27-13-10-25-16-27)22(29)15-30-20-7-4-3-6-18(20)24;/h3-4,6-10,13-14,16H,2,5,11-12,15H2,1H3;1H. The van der Waals surface area contributed by atoms with Crippen molar-refractivity contribution in [3.05, 3.63) is 72.6 Å². The van der Waals surface area contributed by atoms with Crippen molar-refractivity contribution in [1.82, 2.24) is 14.5 Å². The summed E-state index contributed by atoms with van der Waals surface area (Å²) in [5.41, 5.74) is 2.09. The summed E-state index contributed by atoms with van der Waals surface area (Å²) in [7, 11) is 0. The average Bonchev–Trinajstić information content (AvgIpc) is 3.45. The van der Waals surface area contributed by atoms with Crippen LogP contribution < -0.4 is 9.64 Å². The van der Waals surface area contributed by atoms with Crippen molar-refractivity contribution in [2.75, 3.05) is 18.1 Å². The second kappa shape index (κ2) is 11.1. The fraction of sp³-hybridized carbons (Fsp3) is 0.261. The molecular formula is C23H24ClFN4O2S. The van der Waals surface area contributed by atoms with E-state index in [1.807, 2.05) is 16.8 Å². The predicted molar refractivity (Wildman–Crippen MR) is 127 cm³/mol. The molecule has 6 nitrogen and oxygen atoms in total. The molecule has 0 aliphatic rings. The molecule has 0 fully saturated rings. The summed E-state index contributed by atoms with van der Waals surface area (Å²) in [4.78, 5) is 23.4. The molecule has 0 N–H and O–H groups in total. The molecule has 0 saturated heterocycles. The molecule has 9 heteroatoms. The highest BCUT2D eigenvalue weighted by atomic mass is 35.5. The molecule has 0 bridgehead atoms. The molecule has 4 aromatic rings. The maximum atomic E-state index is 13.9. The third-order valence-corrected chi connectivity index (χ3v) is 5.97. The Kier molecular flexibility index (Phi) is 8.19. The van der Waals surface area contributed by atoms with E-state index < -0.39 is 5.82 Å². The van der Waals surface area contributed by atoms with Crippen molar-refractivity contribution in [3.8, 4) is 5.75 Å². The van der Waals surface area contributed by atoms with E-state index in [4.69, 9.17) is 4.74 Å². The number of aryl methyl sites for hydroxylation is 2. The molecule has 2 aromatic carbocycles. The largest absolute Gasteiger partial charge is 0.481 e. The summed E-state index contributed by atoms with van der Waals surface area (Å²) in [6.45, 7) is 3.04. The molecule has 32 heavy (non-hydrogen) atoms. The lowest BCUT2D eigenvalue weighted by molar-refractivity contribution is -0.120. The Hall–Kier alpha value is -2.97. The van der Waals surface area contributed by atoms with Crippen LogP contribution in [-0.4, -0.2) is 33.6 Å². The molecule has 1 amide bonds. The number of imidazole rings is 1. The number of ether oxygens (including phenoxy) is 1. The Balaban J connectivity index is 0.00000289. The van der Waals surface area contributed by atoms with Gasteiger partial charge in [-0.15, -0.1) is 12.4 Å². The molecule has 0 atom stereocenters. The number of fused-ring (bicyclic) bond motifs is 1. The number of anilines is 1. The van der Waals surface area contributed by atoms with E-state index >= 15 is 0 Å². The molecule has 0 aliphatic carbocycles. The fourth-order valence-electron chi connectivity index (χ4n) is 3.23. The van der Waals surface area contributed by atoms with Crippen LogP contribution in [0.1, 0.15) is 18.9 Å². The van der Waals surface area contributed by atoms with Gasteiger partial charge in [-0.2, -0.15) is 0 Å². The van der Waals surface area contributed by atoms with Crippen LogP contribution >= 0.6 is 23.7 Å². The third kappa shape index (κ3) is 5.63. The van der Waals surface area contributed by atoms with Gasteiger partial charge in [0.15, 0.2) is 23.3 Å². The highest BCUT2D eigenvalue weighted by molar-refractivity contribution is 7.22. The number of carbonyl (C=O) groups excluding carboxylic acids is 1. The first-order valence-corrected chi connectivity index (χ1v) is 11.0. The Morgan fingerprint density at radius 2 is 2.09 bits per heavy atom. The minimum atomic E-state index is -0.492. The van der Waals surface area contributed by atoms with Gasteiger partial charge in [0.1, 0.15) is 0 Å². The highest BCUT2D eigenvalue weighted by Gasteiger charge is 2.21. The number of para-hydroxylation sites is 1. The Morgan fingerprint density at radius 3 is 2.84 bits per heavy atom. The quantitative estimate of drug-likeness (QED) is 0.338. The van der Waals surface area contributed by atoms with Gasteiger partial charge in [0.05, 0.1) is 16.5 Å². The van der Waals surface area contributed by atoms with E-state index in [0.717, 1.165) is 29.6 Å². The smallest absolute Gasteiger partial charge is 0.266 e. The van der Waals surface area contributed by atoms with Crippen LogP contribution in [0.2, 0.25) is 0 Å². The van der Waals surface area contributed by atoms with E-state index in [1.54, 1.807) is 29.6 Å². The third-order valence-electron chi connectivity index (χ3n) is 4.93. The number of nitrogens with zero attached hydrogens (tertiary/aromatic N) is 4. The molecule has 0 radical (unpaired) electrons. The summed E-state index contributed by atoms with van der Waals surface area (Å²) in [5, 5.41) is 0.621. The van der Waals surface area contributed by atoms with Crippen molar-refractivity contribution in [2.24, 2.45) is 0 Å². The van der Waals surface area contributed by atoms with Crippen molar-refractivity contribution in [3.63, 3.8) is 0 Å². The van der Waals surface area contributed by atoms with Crippen molar-refractivity contribution in [1.29, 1.82) is 0 Å². The topological polar surface area (TPSA) is 60.2 Å². The zero-order chi connectivity index (χ0) is 21.6. The van der Waals surface area contributed by atoms with Crippen LogP contribution in [0, 0.1) is 5.82 Å². The van der Waals surface area contributed by atoms with Crippen molar-refractivity contribution in [2.45, 2.75) is 26.3 Å². The average molecular weight is 475 g/mol. The van der Waals surface area contributed by atoms with Crippen molar-refractivity contribution < 1.29 is 13.9 Å². The predicted octanol–water partition coefficient (Wildman–Crippen LogP) is 5.12. The van der Waals surface area contributed by atoms with Gasteiger partial charge in [0.2, 0.25) is 0 Å². The van der Waals surface area contributed by atoms with E-state index in [-0.39, 0.29) is 30.7 Å². The lowest BCUT2D eigenvalue weighted by Crippen LogP contribution is -2.36. The van der Waals surface area contributed by atoms with Crippen LogP contribution in [-0.2, 0) is 17.8 Å². The van der Waals surface area contributed by atoms with Gasteiger partial charge in [-0.3, -0.25) is 9.69 Å². The number of halogens is 2. The van der Waals surface area contributed by atoms with Crippen LogP contribution in [0.15, 0.2) is 61.2 Å². The number of thiazole rings is 1. The summed E-state index contributed by atoms with van der Waals surface area (Å²) >= 11 is 1.48. The monoisotopic (exact) mass is 474 g/mol. The van der Waals surface area contributed by atoms with Gasteiger partial charge in [0.25, 0.3) is 5.91 Å². The fourth-order valence-corrected chi connectivity index (χ4v) is 4.30. The number of carbonyl (C=O) groups is 1. The molecule has 0 saturated carbocycles. The second-order valence-electron chi connectivity index (χ2n) is 7.07. The summed E-state index contributed by atoms with van der Waals surface area (Å²) < 4.78 is 22.3. The molecule has 2 aromatic heterocycles. The van der Waals surface area contributed by atoms with Crippen LogP contribution in [0.4, 0.5) is 9.52 Å². The Labute approximate surface area is 196 Å². The van der Waals surface area contributed by atoms with Crippen LogP contribution in [0.3, 0.4) is 0 Å². The van der Waals surface area contributed by atoms with E-state index in [1.165, 1.54) is 29.0 Å². The van der Waals surface area contributed by atoms with Gasteiger partial charge in [-0.1, -0.05) is 36.5 Å². The minimum absolute atomic E-state index is 0. The van der Waals surface area contributed by atoms with Crippen molar-refractivity contribution >= 4 is 45.0 Å². The number of aromatic nitrogens is 3. The van der Waals surface area contributed by atoms with Crippen LogP contribution in [0.25, 0.3) is 10.2 Å². The number of amides is 1. The first kappa shape index (κ1) is 23.7. The van der Waals surface area contributed by atoms with Crippen LogP contribution in [0.5, 0.6) is 5.75 Å². The maximum absolute atomic E-state index is 13.9. The molecular weight excluding hydrogens is 451 g/mol. The van der Waals surface area contributed by atoms with E-state index in [2.05, 4.69) is 29.0 Å². The minimum Gasteiger partial charge on any atom is -0.481 e. The van der Waals surface area contributed by atoms with Gasteiger partial charge in [-0.05, 0) is 42.7 Å².